The number of methoxy groups -OCH3 is 1. The fourth-order valence-corrected chi connectivity index (χ4v) is 2.89. The van der Waals surface area contributed by atoms with Gasteiger partial charge in [-0.3, -0.25) is 9.59 Å². The number of rotatable bonds is 7. The predicted octanol–water partition coefficient (Wildman–Crippen LogP) is 3.55. The monoisotopic (exact) mass is 345 g/mol. The van der Waals surface area contributed by atoms with Crippen LogP contribution in [0.15, 0.2) is 36.4 Å². The van der Waals surface area contributed by atoms with Gasteiger partial charge in [0.15, 0.2) is 0 Å². The van der Waals surface area contributed by atoms with E-state index in [1.165, 1.54) is 0 Å². The van der Waals surface area contributed by atoms with Gasteiger partial charge in [-0.25, -0.2) is 0 Å². The Hall–Kier alpha value is -2.30. The molecule has 0 spiro atoms. The van der Waals surface area contributed by atoms with Gasteiger partial charge in [0.1, 0.15) is 5.75 Å². The molecule has 0 aliphatic heterocycles. The second kappa shape index (κ2) is 9.25. The minimum atomic E-state index is -0.407. The first-order chi connectivity index (χ1) is 12.0. The average molecular weight is 345 g/mol. The molecule has 25 heavy (non-hydrogen) atoms. The molecule has 1 aromatic carbocycles. The van der Waals surface area contributed by atoms with E-state index in [1.807, 2.05) is 44.2 Å². The van der Waals surface area contributed by atoms with Gasteiger partial charge >= 0.3 is 5.97 Å². The van der Waals surface area contributed by atoms with Crippen LogP contribution in [0.1, 0.15) is 51.1 Å². The van der Waals surface area contributed by atoms with Crippen LogP contribution in [0.3, 0.4) is 0 Å². The number of esters is 1. The van der Waals surface area contributed by atoms with E-state index in [1.54, 1.807) is 7.11 Å². The molecule has 1 amide bonds. The highest BCUT2D eigenvalue weighted by molar-refractivity contribution is 5.80. The van der Waals surface area contributed by atoms with Crippen LogP contribution in [0.2, 0.25) is 0 Å². The molecule has 1 N–H and O–H groups in total. The number of amides is 1. The van der Waals surface area contributed by atoms with Crippen LogP contribution in [-0.4, -0.2) is 25.1 Å². The molecule has 0 saturated heterocycles. The number of ether oxygens (including phenoxy) is 2. The molecule has 1 aromatic rings. The second-order valence-corrected chi connectivity index (χ2v) is 6.56. The van der Waals surface area contributed by atoms with Gasteiger partial charge in [-0.1, -0.05) is 24.3 Å². The van der Waals surface area contributed by atoms with Crippen LogP contribution in [-0.2, 0) is 14.3 Å². The Balaban J connectivity index is 2.10. The molecule has 0 heterocycles. The molecular weight excluding hydrogens is 318 g/mol. The molecular formula is C20H27NO4. The lowest BCUT2D eigenvalue weighted by Gasteiger charge is -2.23. The minimum absolute atomic E-state index is 0.0116. The number of carbonyl (C=O) groups is 2. The molecule has 136 valence electrons. The molecule has 2 atom stereocenters. The fraction of sp³-hybridized carbons (Fsp3) is 0.500. The van der Waals surface area contributed by atoms with E-state index in [2.05, 4.69) is 11.4 Å². The smallest absolute Gasteiger partial charge is 0.308 e. The Bertz CT molecular complexity index is 607. The molecule has 0 fully saturated rings. The number of carbonyl (C=O) groups excluding carboxylic acids is 2. The van der Waals surface area contributed by atoms with E-state index >= 15 is 0 Å². The molecule has 2 rings (SSSR count). The van der Waals surface area contributed by atoms with E-state index < -0.39 is 6.04 Å². The van der Waals surface area contributed by atoms with Gasteiger partial charge in [0.25, 0.3) is 0 Å². The van der Waals surface area contributed by atoms with Crippen LogP contribution in [0.4, 0.5) is 0 Å². The standard InChI is InChI=1S/C20H27NO4/c1-14(2)25-19(22)13-18(15-9-11-17(24-3)12-10-15)21-20(23)16-7-5-4-6-8-16/h4-5,9-12,14,16,18H,6-8,13H2,1-3H3,(H,21,23)/t16-,18+/m1/s1. The predicted molar refractivity (Wildman–Crippen MR) is 96.2 cm³/mol. The fourth-order valence-electron chi connectivity index (χ4n) is 2.89. The summed E-state index contributed by atoms with van der Waals surface area (Å²) in [4.78, 5) is 24.7. The van der Waals surface area contributed by atoms with Crippen molar-refractivity contribution in [1.29, 1.82) is 0 Å². The molecule has 1 aliphatic carbocycles. The van der Waals surface area contributed by atoms with Gasteiger partial charge < -0.3 is 14.8 Å². The lowest BCUT2D eigenvalue weighted by molar-refractivity contribution is -0.148. The van der Waals surface area contributed by atoms with Gasteiger partial charge in [-0.05, 0) is 50.8 Å². The van der Waals surface area contributed by atoms with Gasteiger partial charge in [0.05, 0.1) is 25.7 Å². The topological polar surface area (TPSA) is 64.6 Å². The third kappa shape index (κ3) is 5.93. The molecule has 0 aromatic heterocycles. The van der Waals surface area contributed by atoms with Gasteiger partial charge in [-0.2, -0.15) is 0 Å². The lowest BCUT2D eigenvalue weighted by Crippen LogP contribution is -2.35. The summed E-state index contributed by atoms with van der Waals surface area (Å²) in [6.45, 7) is 3.63. The van der Waals surface area contributed by atoms with Crippen molar-refractivity contribution in [3.63, 3.8) is 0 Å². The minimum Gasteiger partial charge on any atom is -0.497 e. The third-order valence-corrected chi connectivity index (χ3v) is 4.21. The van der Waals surface area contributed by atoms with Crippen molar-refractivity contribution < 1.29 is 19.1 Å². The van der Waals surface area contributed by atoms with Gasteiger partial charge in [0, 0.05) is 5.92 Å². The van der Waals surface area contributed by atoms with E-state index in [0.29, 0.717) is 0 Å². The lowest BCUT2D eigenvalue weighted by atomic mass is 9.92. The van der Waals surface area contributed by atoms with Crippen LogP contribution >= 0.6 is 0 Å². The summed E-state index contributed by atoms with van der Waals surface area (Å²) in [5.74, 6) is 0.366. The Morgan fingerprint density at radius 3 is 2.48 bits per heavy atom. The van der Waals surface area contributed by atoms with Gasteiger partial charge in [-0.15, -0.1) is 0 Å². The Labute approximate surface area is 149 Å². The molecule has 0 saturated carbocycles. The van der Waals surface area contributed by atoms with E-state index in [-0.39, 0.29) is 30.3 Å². The average Bonchev–Trinajstić information content (AvgIpc) is 2.61. The number of nitrogens with one attached hydrogen (secondary N) is 1. The zero-order valence-electron chi connectivity index (χ0n) is 15.2. The summed E-state index contributed by atoms with van der Waals surface area (Å²) in [6.07, 6.45) is 6.59. The van der Waals surface area contributed by atoms with E-state index in [4.69, 9.17) is 9.47 Å². The van der Waals surface area contributed by atoms with E-state index in [9.17, 15) is 9.59 Å². The first kappa shape index (κ1) is 19.0. The number of allylic oxidation sites excluding steroid dienone is 2. The van der Waals surface area contributed by atoms with Gasteiger partial charge in [0.2, 0.25) is 5.91 Å². The first-order valence-electron chi connectivity index (χ1n) is 8.78. The molecule has 5 nitrogen and oxygen atoms in total. The quantitative estimate of drug-likeness (QED) is 0.606. The normalized spacial score (nSPS) is 17.8. The molecule has 0 bridgehead atoms. The summed E-state index contributed by atoms with van der Waals surface area (Å²) in [7, 11) is 1.60. The molecule has 0 unspecified atom stereocenters. The van der Waals surface area contributed by atoms with Crippen LogP contribution < -0.4 is 10.1 Å². The zero-order valence-corrected chi connectivity index (χ0v) is 15.2. The van der Waals surface area contributed by atoms with Crippen molar-refractivity contribution in [1.82, 2.24) is 5.32 Å². The van der Waals surface area contributed by atoms with E-state index in [0.717, 1.165) is 30.6 Å². The maximum atomic E-state index is 12.6. The first-order valence-corrected chi connectivity index (χ1v) is 8.78. The van der Waals surface area contributed by atoms with Crippen LogP contribution in [0.25, 0.3) is 0 Å². The maximum Gasteiger partial charge on any atom is 0.308 e. The second-order valence-electron chi connectivity index (χ2n) is 6.56. The van der Waals surface area contributed by atoms with Crippen molar-refractivity contribution in [3.8, 4) is 5.75 Å². The third-order valence-electron chi connectivity index (χ3n) is 4.21. The summed E-state index contributed by atoms with van der Waals surface area (Å²) in [5.41, 5.74) is 0.862. The van der Waals surface area contributed by atoms with Crippen LogP contribution in [0, 0.1) is 5.92 Å². The van der Waals surface area contributed by atoms with Crippen molar-refractivity contribution >= 4 is 11.9 Å². The Morgan fingerprint density at radius 1 is 1.20 bits per heavy atom. The largest absolute Gasteiger partial charge is 0.497 e. The Kier molecular flexibility index (Phi) is 7.04. The summed E-state index contributed by atoms with van der Waals surface area (Å²) >= 11 is 0. The molecule has 1 aliphatic rings. The van der Waals surface area contributed by atoms with Crippen molar-refractivity contribution in [2.75, 3.05) is 7.11 Å². The Morgan fingerprint density at radius 2 is 1.92 bits per heavy atom. The summed E-state index contributed by atoms with van der Waals surface area (Å²) in [5, 5.41) is 3.03. The zero-order chi connectivity index (χ0) is 18.2. The highest BCUT2D eigenvalue weighted by atomic mass is 16.5. The highest BCUT2D eigenvalue weighted by Gasteiger charge is 2.25. The highest BCUT2D eigenvalue weighted by Crippen LogP contribution is 2.24. The van der Waals surface area contributed by atoms with Crippen molar-refractivity contribution in [2.24, 2.45) is 5.92 Å². The number of benzene rings is 1. The van der Waals surface area contributed by atoms with Crippen LogP contribution in [0.5, 0.6) is 5.75 Å². The summed E-state index contributed by atoms with van der Waals surface area (Å²) in [6, 6.07) is 6.98. The maximum absolute atomic E-state index is 12.6. The summed E-state index contributed by atoms with van der Waals surface area (Å²) < 4.78 is 10.4. The number of hydrogen-bond donors (Lipinski definition) is 1. The van der Waals surface area contributed by atoms with Crippen molar-refractivity contribution in [3.05, 3.63) is 42.0 Å². The SMILES string of the molecule is COc1ccc([C@H](CC(=O)OC(C)C)NC(=O)[C@@H]2CC=CCC2)cc1. The number of hydrogen-bond acceptors (Lipinski definition) is 4. The molecule has 0 radical (unpaired) electrons. The molecule has 5 heteroatoms. The van der Waals surface area contributed by atoms with Crippen molar-refractivity contribution in [2.45, 2.75) is 51.7 Å².